The van der Waals surface area contributed by atoms with Crippen LogP contribution in [-0.2, 0) is 4.79 Å². The van der Waals surface area contributed by atoms with E-state index < -0.39 is 4.08 Å². The highest BCUT2D eigenvalue weighted by Crippen LogP contribution is 2.31. The van der Waals surface area contributed by atoms with E-state index in [1.165, 1.54) is 6.33 Å². The summed E-state index contributed by atoms with van der Waals surface area (Å²) in [6.45, 7) is 4.06. The van der Waals surface area contributed by atoms with Crippen molar-refractivity contribution in [3.05, 3.63) is 53.3 Å². The summed E-state index contributed by atoms with van der Waals surface area (Å²) in [6, 6.07) is 13.3. The van der Waals surface area contributed by atoms with Crippen LogP contribution in [0.5, 0.6) is 0 Å². The Balaban J connectivity index is 1.89. The van der Waals surface area contributed by atoms with Gasteiger partial charge >= 0.3 is 0 Å². The summed E-state index contributed by atoms with van der Waals surface area (Å²) in [7, 11) is 0. The van der Waals surface area contributed by atoms with Gasteiger partial charge in [0.1, 0.15) is 16.2 Å². The lowest BCUT2D eigenvalue weighted by molar-refractivity contribution is -0.116. The summed E-state index contributed by atoms with van der Waals surface area (Å²) in [6.07, 6.45) is 2.06. The molecule has 0 saturated heterocycles. The number of hydrogen-bond acceptors (Lipinski definition) is 6. The zero-order chi connectivity index (χ0) is 20.3. The van der Waals surface area contributed by atoms with Crippen molar-refractivity contribution in [3.8, 4) is 0 Å². The molecule has 0 radical (unpaired) electrons. The Bertz CT molecular complexity index is 1010. The number of fused-ring (bicyclic) bond motifs is 1. The van der Waals surface area contributed by atoms with Crippen LogP contribution in [0.25, 0.3) is 10.9 Å². The Morgan fingerprint density at radius 1 is 1.14 bits per heavy atom. The molecule has 0 unspecified atom stereocenters. The molecule has 2 N–H and O–H groups in total. The minimum atomic E-state index is -1.05. The molecule has 0 bridgehead atoms. The van der Waals surface area contributed by atoms with Gasteiger partial charge in [0.15, 0.2) is 0 Å². The molecule has 0 saturated carbocycles. The van der Waals surface area contributed by atoms with E-state index in [0.29, 0.717) is 23.8 Å². The number of nitrogens with zero attached hydrogens (tertiary/aromatic N) is 2. The van der Waals surface area contributed by atoms with Crippen molar-refractivity contribution < 1.29 is 4.79 Å². The van der Waals surface area contributed by atoms with E-state index in [1.807, 2.05) is 56.3 Å². The Kier molecular flexibility index (Phi) is 6.52. The van der Waals surface area contributed by atoms with Gasteiger partial charge in [-0.25, -0.2) is 9.97 Å². The maximum atomic E-state index is 12.6. The van der Waals surface area contributed by atoms with Crippen molar-refractivity contribution in [2.75, 3.05) is 10.6 Å². The lowest BCUT2D eigenvalue weighted by atomic mass is 10.1. The van der Waals surface area contributed by atoms with Crippen molar-refractivity contribution in [1.29, 1.82) is 0 Å². The van der Waals surface area contributed by atoms with Crippen LogP contribution in [0.3, 0.4) is 0 Å². The Hall–Kier alpha value is -1.77. The highest BCUT2D eigenvalue weighted by molar-refractivity contribution is 9.10. The number of nitrogens with one attached hydrogen (secondary N) is 2. The maximum Gasteiger partial charge on any atom is 0.250 e. The van der Waals surface area contributed by atoms with Gasteiger partial charge in [-0.15, -0.1) is 0 Å². The van der Waals surface area contributed by atoms with Gasteiger partial charge in [0.2, 0.25) is 5.91 Å². The number of amides is 1. The molecule has 2 aromatic carbocycles. The molecule has 0 atom stereocenters. The molecule has 1 heterocycles. The minimum absolute atomic E-state index is 0.259. The molecular formula is C20H21BrN4OS2. The minimum Gasteiger partial charge on any atom is -0.340 e. The van der Waals surface area contributed by atoms with Gasteiger partial charge in [-0.3, -0.25) is 4.79 Å². The second-order valence-corrected chi connectivity index (χ2v) is 9.75. The van der Waals surface area contributed by atoms with E-state index in [4.69, 9.17) is 0 Å². The average Bonchev–Trinajstić information content (AvgIpc) is 2.61. The number of anilines is 3. The van der Waals surface area contributed by atoms with Gasteiger partial charge in [-0.2, -0.15) is 25.3 Å². The number of thiol groups is 2. The molecule has 0 spiro atoms. The molecule has 0 aliphatic carbocycles. The van der Waals surface area contributed by atoms with Crippen molar-refractivity contribution in [3.63, 3.8) is 0 Å². The second kappa shape index (κ2) is 8.71. The van der Waals surface area contributed by atoms with Crippen LogP contribution >= 0.6 is 41.2 Å². The number of aromatic nitrogens is 2. The lowest BCUT2D eigenvalue weighted by Crippen LogP contribution is -2.34. The topological polar surface area (TPSA) is 66.9 Å². The summed E-state index contributed by atoms with van der Waals surface area (Å²) in [5.41, 5.74) is 2.31. The third-order valence-corrected chi connectivity index (χ3v) is 5.30. The third-order valence-electron chi connectivity index (χ3n) is 4.04. The normalized spacial score (nSPS) is 11.6. The molecule has 5 nitrogen and oxygen atoms in total. The Morgan fingerprint density at radius 3 is 2.64 bits per heavy atom. The van der Waals surface area contributed by atoms with Gasteiger partial charge < -0.3 is 10.6 Å². The zero-order valence-corrected chi connectivity index (χ0v) is 18.9. The standard InChI is InChI=1S/C20H21BrN4OS2/c1-12(2)10-20(27,28)19(26)25-15-6-7-17-16(9-15)18(23-11-22-17)24-14-5-3-4-13(21)8-14/h3-9,11-12,27-28H,10H2,1-2H3,(H,25,26)(H,22,23,24). The zero-order valence-electron chi connectivity index (χ0n) is 15.5. The Morgan fingerprint density at radius 2 is 1.93 bits per heavy atom. The van der Waals surface area contributed by atoms with E-state index >= 15 is 0 Å². The van der Waals surface area contributed by atoms with Crippen molar-refractivity contribution in [2.24, 2.45) is 5.92 Å². The van der Waals surface area contributed by atoms with Crippen LogP contribution in [0.4, 0.5) is 17.2 Å². The predicted molar refractivity (Wildman–Crippen MR) is 126 cm³/mol. The summed E-state index contributed by atoms with van der Waals surface area (Å²) in [5.74, 6) is 0.696. The second-order valence-electron chi connectivity index (χ2n) is 6.96. The summed E-state index contributed by atoms with van der Waals surface area (Å²) < 4.78 is -0.0823. The van der Waals surface area contributed by atoms with Gasteiger partial charge in [-0.05, 0) is 48.7 Å². The van der Waals surface area contributed by atoms with E-state index in [9.17, 15) is 4.79 Å². The predicted octanol–water partition coefficient (Wildman–Crippen LogP) is 5.68. The molecule has 8 heteroatoms. The molecule has 28 heavy (non-hydrogen) atoms. The first-order valence-electron chi connectivity index (χ1n) is 8.78. The smallest absolute Gasteiger partial charge is 0.250 e. The van der Waals surface area contributed by atoms with Crippen LogP contribution < -0.4 is 10.6 Å². The van der Waals surface area contributed by atoms with Gasteiger partial charge in [0, 0.05) is 21.2 Å². The number of hydrogen-bond donors (Lipinski definition) is 4. The van der Waals surface area contributed by atoms with Crippen molar-refractivity contribution in [1.82, 2.24) is 9.97 Å². The molecule has 0 aliphatic heterocycles. The van der Waals surface area contributed by atoms with Crippen molar-refractivity contribution >= 4 is 75.2 Å². The fourth-order valence-corrected chi connectivity index (χ4v) is 4.07. The Labute approximate surface area is 183 Å². The van der Waals surface area contributed by atoms with E-state index in [1.54, 1.807) is 0 Å². The maximum absolute atomic E-state index is 12.6. The van der Waals surface area contributed by atoms with Crippen LogP contribution in [-0.4, -0.2) is 20.0 Å². The van der Waals surface area contributed by atoms with E-state index in [2.05, 4.69) is 61.8 Å². The van der Waals surface area contributed by atoms with Crippen LogP contribution in [0.15, 0.2) is 53.3 Å². The third kappa shape index (κ3) is 5.18. The molecule has 1 amide bonds. The molecule has 146 valence electrons. The van der Waals surface area contributed by atoms with Crippen molar-refractivity contribution in [2.45, 2.75) is 24.3 Å². The SMILES string of the molecule is CC(C)CC(S)(S)C(=O)Nc1ccc2ncnc(Nc3cccc(Br)c3)c2c1. The highest BCUT2D eigenvalue weighted by atomic mass is 79.9. The van der Waals surface area contributed by atoms with Crippen LogP contribution in [0.1, 0.15) is 20.3 Å². The summed E-state index contributed by atoms with van der Waals surface area (Å²) in [4.78, 5) is 21.3. The first-order valence-corrected chi connectivity index (χ1v) is 10.5. The average molecular weight is 477 g/mol. The monoisotopic (exact) mass is 476 g/mol. The molecular weight excluding hydrogens is 456 g/mol. The number of benzene rings is 2. The number of rotatable bonds is 6. The molecule has 3 rings (SSSR count). The first-order chi connectivity index (χ1) is 13.2. The van der Waals surface area contributed by atoms with Crippen LogP contribution in [0, 0.1) is 5.92 Å². The fourth-order valence-electron chi connectivity index (χ4n) is 2.83. The van der Waals surface area contributed by atoms with E-state index in [-0.39, 0.29) is 5.91 Å². The van der Waals surface area contributed by atoms with Gasteiger partial charge in [-0.1, -0.05) is 35.8 Å². The molecule has 0 aliphatic rings. The molecule has 3 aromatic rings. The quantitative estimate of drug-likeness (QED) is 0.273. The van der Waals surface area contributed by atoms with Crippen LogP contribution in [0.2, 0.25) is 0 Å². The van der Waals surface area contributed by atoms with Gasteiger partial charge in [0.05, 0.1) is 5.52 Å². The van der Waals surface area contributed by atoms with E-state index in [0.717, 1.165) is 21.1 Å². The largest absolute Gasteiger partial charge is 0.340 e. The molecule has 0 fully saturated rings. The number of carbonyl (C=O) groups is 1. The first kappa shape index (κ1) is 21.0. The number of carbonyl (C=O) groups excluding carboxylic acids is 1. The number of halogens is 1. The van der Waals surface area contributed by atoms with Gasteiger partial charge in [0.25, 0.3) is 0 Å². The summed E-state index contributed by atoms with van der Waals surface area (Å²) in [5, 5.41) is 7.00. The summed E-state index contributed by atoms with van der Waals surface area (Å²) >= 11 is 12.3. The molecule has 1 aromatic heterocycles. The highest BCUT2D eigenvalue weighted by Gasteiger charge is 2.31. The lowest BCUT2D eigenvalue weighted by Gasteiger charge is -2.23. The fraction of sp³-hybridized carbons (Fsp3) is 0.250.